The molecular weight excluding hydrogens is 312 g/mol. The van der Waals surface area contributed by atoms with Gasteiger partial charge >= 0.3 is 0 Å². The minimum Gasteiger partial charge on any atom is -0.370 e. The van der Waals surface area contributed by atoms with E-state index in [1.165, 1.54) is 5.57 Å². The molecule has 0 radical (unpaired) electrons. The number of carbonyl (C=O) groups excluding carboxylic acids is 1. The molecular formula is C20H22N4O. The number of hydrogen-bond donors (Lipinski definition) is 2. The van der Waals surface area contributed by atoms with Crippen molar-refractivity contribution < 1.29 is 4.79 Å². The second-order valence-electron chi connectivity index (χ2n) is 6.26. The van der Waals surface area contributed by atoms with Crippen molar-refractivity contribution >= 4 is 23.5 Å². The maximum Gasteiger partial charge on any atom is 0.282 e. The molecule has 0 fully saturated rings. The molecule has 0 saturated carbocycles. The number of nitrogens with two attached hydrogens (primary N) is 2. The third kappa shape index (κ3) is 3.94. The third-order valence-electron chi connectivity index (χ3n) is 4.34. The van der Waals surface area contributed by atoms with Crippen LogP contribution in [0.5, 0.6) is 0 Å². The molecule has 128 valence electrons. The molecule has 1 aromatic carbocycles. The highest BCUT2D eigenvalue weighted by Gasteiger charge is 2.19. The highest BCUT2D eigenvalue weighted by atomic mass is 16.1. The number of rotatable bonds is 2. The minimum atomic E-state index is -0.439. The number of benzene rings is 1. The highest BCUT2D eigenvalue weighted by Crippen LogP contribution is 2.31. The molecule has 0 unspecified atom stereocenters. The van der Waals surface area contributed by atoms with Crippen LogP contribution in [0.15, 0.2) is 41.4 Å². The lowest BCUT2D eigenvalue weighted by Gasteiger charge is -2.12. The second-order valence-corrected chi connectivity index (χ2v) is 6.26. The van der Waals surface area contributed by atoms with E-state index in [0.717, 1.165) is 42.5 Å². The standard InChI is InChI=1S/C20H22N4O/c1-13-17(19(25)24-20(21)22)12-16-10-6-5-9-15(18(16)23-13)11-14-7-3-2-4-8-14/h2-4,7-8,11-12H,5-6,9-10H2,1H3,(H4,21,22,24,25). The summed E-state index contributed by atoms with van der Waals surface area (Å²) < 4.78 is 0. The summed E-state index contributed by atoms with van der Waals surface area (Å²) in [5.74, 6) is -0.672. The topological polar surface area (TPSA) is 94.4 Å². The van der Waals surface area contributed by atoms with Gasteiger partial charge in [-0.1, -0.05) is 30.3 Å². The molecule has 2 aromatic rings. The molecule has 0 saturated heterocycles. The molecule has 1 amide bonds. The van der Waals surface area contributed by atoms with Crippen LogP contribution in [0.3, 0.4) is 0 Å². The number of aromatic nitrogens is 1. The van der Waals surface area contributed by atoms with Crippen LogP contribution in [0.25, 0.3) is 11.6 Å². The van der Waals surface area contributed by atoms with E-state index in [4.69, 9.17) is 16.5 Å². The number of aryl methyl sites for hydroxylation is 2. The van der Waals surface area contributed by atoms with E-state index in [9.17, 15) is 4.79 Å². The number of allylic oxidation sites excluding steroid dienone is 1. The van der Waals surface area contributed by atoms with Crippen LogP contribution < -0.4 is 11.5 Å². The second kappa shape index (κ2) is 7.30. The Bertz CT molecular complexity index is 849. The molecule has 1 aromatic heterocycles. The van der Waals surface area contributed by atoms with Gasteiger partial charge < -0.3 is 11.5 Å². The van der Waals surface area contributed by atoms with Crippen LogP contribution in [-0.2, 0) is 6.42 Å². The van der Waals surface area contributed by atoms with Gasteiger partial charge in [-0.2, -0.15) is 4.99 Å². The van der Waals surface area contributed by atoms with Crippen LogP contribution in [0, 0.1) is 6.92 Å². The van der Waals surface area contributed by atoms with Crippen LogP contribution >= 0.6 is 0 Å². The van der Waals surface area contributed by atoms with Crippen LogP contribution in [0.4, 0.5) is 0 Å². The molecule has 0 bridgehead atoms. The Balaban J connectivity index is 2.07. The highest BCUT2D eigenvalue weighted by molar-refractivity contribution is 6.03. The van der Waals surface area contributed by atoms with Gasteiger partial charge in [0.05, 0.1) is 17.0 Å². The first kappa shape index (κ1) is 16.9. The summed E-state index contributed by atoms with van der Waals surface area (Å²) in [4.78, 5) is 20.6. The molecule has 1 aliphatic rings. The van der Waals surface area contributed by atoms with Gasteiger partial charge in [0.1, 0.15) is 0 Å². The smallest absolute Gasteiger partial charge is 0.282 e. The lowest BCUT2D eigenvalue weighted by atomic mass is 9.99. The molecule has 4 N–H and O–H groups in total. The Morgan fingerprint density at radius 3 is 2.60 bits per heavy atom. The van der Waals surface area contributed by atoms with E-state index in [0.29, 0.717) is 11.3 Å². The first-order valence-corrected chi connectivity index (χ1v) is 8.45. The number of pyridine rings is 1. The van der Waals surface area contributed by atoms with Crippen molar-refractivity contribution in [2.45, 2.75) is 32.6 Å². The van der Waals surface area contributed by atoms with Crippen molar-refractivity contribution in [2.75, 3.05) is 0 Å². The average Bonchev–Trinajstić information content (AvgIpc) is 2.77. The summed E-state index contributed by atoms with van der Waals surface area (Å²) in [7, 11) is 0. The van der Waals surface area contributed by atoms with Gasteiger partial charge in [-0.3, -0.25) is 9.78 Å². The maximum atomic E-state index is 12.2. The summed E-state index contributed by atoms with van der Waals surface area (Å²) in [6.07, 6.45) is 6.24. The average molecular weight is 334 g/mol. The SMILES string of the molecule is Cc1nc2c(cc1C(=O)N=C(N)N)CCCCC2=Cc1ccccc1. The summed E-state index contributed by atoms with van der Waals surface area (Å²) >= 11 is 0. The molecule has 3 rings (SSSR count). The fourth-order valence-corrected chi connectivity index (χ4v) is 3.15. The Labute approximate surface area is 147 Å². The molecule has 5 nitrogen and oxygen atoms in total. The van der Waals surface area contributed by atoms with Crippen molar-refractivity contribution in [1.82, 2.24) is 4.98 Å². The van der Waals surface area contributed by atoms with Gasteiger partial charge in [0.15, 0.2) is 5.96 Å². The molecule has 0 aliphatic heterocycles. The van der Waals surface area contributed by atoms with E-state index >= 15 is 0 Å². The fraction of sp³-hybridized carbons (Fsp3) is 0.250. The number of carbonyl (C=O) groups is 1. The van der Waals surface area contributed by atoms with Crippen molar-refractivity contribution in [3.8, 4) is 0 Å². The zero-order chi connectivity index (χ0) is 17.8. The number of guanidine groups is 1. The van der Waals surface area contributed by atoms with Crippen LogP contribution in [0.1, 0.15) is 52.1 Å². The number of hydrogen-bond acceptors (Lipinski definition) is 2. The quantitative estimate of drug-likeness (QED) is 0.501. The molecule has 5 heteroatoms. The lowest BCUT2D eigenvalue weighted by molar-refractivity contribution is 0.100. The van der Waals surface area contributed by atoms with Gasteiger partial charge in [-0.05, 0) is 61.4 Å². The Morgan fingerprint density at radius 2 is 1.88 bits per heavy atom. The van der Waals surface area contributed by atoms with Gasteiger partial charge in [0.25, 0.3) is 5.91 Å². The maximum absolute atomic E-state index is 12.2. The summed E-state index contributed by atoms with van der Waals surface area (Å²) in [5, 5.41) is 0. The first-order chi connectivity index (χ1) is 12.0. The van der Waals surface area contributed by atoms with E-state index in [-0.39, 0.29) is 5.96 Å². The summed E-state index contributed by atoms with van der Waals surface area (Å²) in [6, 6.07) is 12.1. The molecule has 1 aliphatic carbocycles. The Kier molecular flexibility index (Phi) is 4.93. The number of fused-ring (bicyclic) bond motifs is 1. The Hall–Kier alpha value is -2.95. The van der Waals surface area contributed by atoms with Crippen LogP contribution in [-0.4, -0.2) is 16.9 Å². The molecule has 1 heterocycles. The van der Waals surface area contributed by atoms with Gasteiger partial charge in [-0.25, -0.2) is 0 Å². The van der Waals surface area contributed by atoms with E-state index in [2.05, 4.69) is 23.2 Å². The predicted molar refractivity (Wildman–Crippen MR) is 101 cm³/mol. The zero-order valence-corrected chi connectivity index (χ0v) is 14.3. The Morgan fingerprint density at radius 1 is 1.16 bits per heavy atom. The van der Waals surface area contributed by atoms with Crippen molar-refractivity contribution in [2.24, 2.45) is 16.5 Å². The van der Waals surface area contributed by atoms with Crippen LogP contribution in [0.2, 0.25) is 0 Å². The summed E-state index contributed by atoms with van der Waals surface area (Å²) in [5.41, 5.74) is 16.2. The lowest BCUT2D eigenvalue weighted by Crippen LogP contribution is -2.24. The largest absolute Gasteiger partial charge is 0.370 e. The van der Waals surface area contributed by atoms with Crippen molar-refractivity contribution in [3.63, 3.8) is 0 Å². The normalized spacial score (nSPS) is 15.3. The van der Waals surface area contributed by atoms with E-state index in [1.807, 2.05) is 31.2 Å². The van der Waals surface area contributed by atoms with Gasteiger partial charge in [-0.15, -0.1) is 0 Å². The monoisotopic (exact) mass is 334 g/mol. The van der Waals surface area contributed by atoms with Crippen molar-refractivity contribution in [3.05, 3.63) is 64.5 Å². The third-order valence-corrected chi connectivity index (χ3v) is 4.34. The van der Waals surface area contributed by atoms with Gasteiger partial charge in [0, 0.05) is 0 Å². The zero-order valence-electron chi connectivity index (χ0n) is 14.3. The molecule has 0 atom stereocenters. The number of aliphatic imine (C=N–C) groups is 1. The first-order valence-electron chi connectivity index (χ1n) is 8.45. The summed E-state index contributed by atoms with van der Waals surface area (Å²) in [6.45, 7) is 1.82. The number of nitrogens with zero attached hydrogens (tertiary/aromatic N) is 2. The number of amides is 1. The van der Waals surface area contributed by atoms with Gasteiger partial charge in [0.2, 0.25) is 0 Å². The minimum absolute atomic E-state index is 0.232. The fourth-order valence-electron chi connectivity index (χ4n) is 3.15. The van der Waals surface area contributed by atoms with Crippen molar-refractivity contribution in [1.29, 1.82) is 0 Å². The van der Waals surface area contributed by atoms with E-state index < -0.39 is 5.91 Å². The molecule has 0 spiro atoms. The van der Waals surface area contributed by atoms with E-state index in [1.54, 1.807) is 0 Å². The molecule has 25 heavy (non-hydrogen) atoms. The predicted octanol–water partition coefficient (Wildman–Crippen LogP) is 3.07.